The van der Waals surface area contributed by atoms with Gasteiger partial charge in [-0.1, -0.05) is 40.9 Å². The largest absolute Gasteiger partial charge is 0.338 e. The molecule has 3 N–H and O–H groups in total. The first-order valence-electron chi connectivity index (χ1n) is 11.2. The number of aromatic amines is 1. The quantitative estimate of drug-likeness (QED) is 0.207. The van der Waals surface area contributed by atoms with E-state index in [0.29, 0.717) is 38.4 Å². The van der Waals surface area contributed by atoms with Gasteiger partial charge < -0.3 is 15.6 Å². The summed E-state index contributed by atoms with van der Waals surface area (Å²) >= 11 is 18.3. The molecule has 0 unspecified atom stereocenters. The van der Waals surface area contributed by atoms with E-state index in [4.69, 9.17) is 34.8 Å². The number of H-pyrrole nitrogens is 1. The average Bonchev–Trinajstić information content (AvgIpc) is 3.27. The molecule has 0 aliphatic carbocycles. The predicted octanol–water partition coefficient (Wildman–Crippen LogP) is 8.00. The van der Waals surface area contributed by atoms with Crippen molar-refractivity contribution in [1.29, 1.82) is 0 Å². The molecule has 184 valence electrons. The molecule has 2 amide bonds. The standard InChI is InChI=1S/C28H19Cl3N4O2/c1-15-2-9-20(22(30)12-15)27(36)32-18-6-3-16(4-7-18)26-34-24-11-8-19(14-25(24)35-26)33-28(37)21-10-5-17(29)13-23(21)31/h2-14H,1H3,(H,32,36)(H,33,37)(H,34,35). The van der Waals surface area contributed by atoms with Gasteiger partial charge in [-0.05, 0) is 85.3 Å². The zero-order valence-electron chi connectivity index (χ0n) is 19.4. The predicted molar refractivity (Wildman–Crippen MR) is 150 cm³/mol. The summed E-state index contributed by atoms with van der Waals surface area (Å²) in [5, 5.41) is 6.84. The molecule has 0 spiro atoms. The topological polar surface area (TPSA) is 86.9 Å². The summed E-state index contributed by atoms with van der Waals surface area (Å²) in [6.45, 7) is 1.92. The van der Waals surface area contributed by atoms with E-state index in [1.54, 1.807) is 48.5 Å². The number of carbonyl (C=O) groups is 2. The van der Waals surface area contributed by atoms with Crippen molar-refractivity contribution < 1.29 is 9.59 Å². The Morgan fingerprint density at radius 1 is 0.730 bits per heavy atom. The Bertz CT molecular complexity index is 1660. The molecule has 0 saturated heterocycles. The minimum absolute atomic E-state index is 0.275. The molecule has 0 aliphatic rings. The van der Waals surface area contributed by atoms with E-state index in [2.05, 4.69) is 20.6 Å². The summed E-state index contributed by atoms with van der Waals surface area (Å²) in [6.07, 6.45) is 0. The number of rotatable bonds is 5. The number of hydrogen-bond acceptors (Lipinski definition) is 3. The second kappa shape index (κ2) is 10.3. The van der Waals surface area contributed by atoms with E-state index in [-0.39, 0.29) is 16.8 Å². The second-order valence-corrected chi connectivity index (χ2v) is 9.66. The molecule has 9 heteroatoms. The van der Waals surface area contributed by atoms with Gasteiger partial charge in [0.1, 0.15) is 5.82 Å². The third kappa shape index (κ3) is 5.47. The van der Waals surface area contributed by atoms with Crippen LogP contribution in [0, 0.1) is 6.92 Å². The fourth-order valence-electron chi connectivity index (χ4n) is 3.81. The fourth-order valence-corrected chi connectivity index (χ4v) is 4.63. The van der Waals surface area contributed by atoms with E-state index >= 15 is 0 Å². The SMILES string of the molecule is Cc1ccc(C(=O)Nc2ccc(-c3nc4ccc(NC(=O)c5ccc(Cl)cc5Cl)cc4[nH]3)cc2)c(Cl)c1. The van der Waals surface area contributed by atoms with Crippen LogP contribution >= 0.6 is 34.8 Å². The van der Waals surface area contributed by atoms with Gasteiger partial charge in [0.25, 0.3) is 11.8 Å². The van der Waals surface area contributed by atoms with Gasteiger partial charge >= 0.3 is 0 Å². The highest BCUT2D eigenvalue weighted by molar-refractivity contribution is 6.37. The Labute approximate surface area is 227 Å². The highest BCUT2D eigenvalue weighted by Gasteiger charge is 2.14. The molecule has 5 rings (SSSR count). The lowest BCUT2D eigenvalue weighted by Crippen LogP contribution is -2.12. The molecule has 4 aromatic carbocycles. The number of nitrogens with one attached hydrogen (secondary N) is 3. The molecule has 5 aromatic rings. The highest BCUT2D eigenvalue weighted by Crippen LogP contribution is 2.26. The van der Waals surface area contributed by atoms with Gasteiger partial charge in [0, 0.05) is 22.0 Å². The number of fused-ring (bicyclic) bond motifs is 1. The number of halogens is 3. The van der Waals surface area contributed by atoms with Crippen LogP contribution < -0.4 is 10.6 Å². The fraction of sp³-hybridized carbons (Fsp3) is 0.0357. The number of nitrogens with zero attached hydrogens (tertiary/aromatic N) is 1. The van der Waals surface area contributed by atoms with Gasteiger partial charge in [-0.25, -0.2) is 4.98 Å². The van der Waals surface area contributed by atoms with Crippen LogP contribution in [-0.4, -0.2) is 21.8 Å². The number of hydrogen-bond donors (Lipinski definition) is 3. The molecule has 0 fully saturated rings. The summed E-state index contributed by atoms with van der Waals surface area (Å²) < 4.78 is 0. The van der Waals surface area contributed by atoms with Crippen LogP contribution in [-0.2, 0) is 0 Å². The van der Waals surface area contributed by atoms with Crippen LogP contribution in [0.15, 0.2) is 78.9 Å². The first kappa shape index (κ1) is 24.8. The minimum Gasteiger partial charge on any atom is -0.338 e. The number of amides is 2. The Morgan fingerprint density at radius 2 is 1.35 bits per heavy atom. The smallest absolute Gasteiger partial charge is 0.257 e. The van der Waals surface area contributed by atoms with Gasteiger partial charge in [-0.15, -0.1) is 0 Å². The number of anilines is 2. The van der Waals surface area contributed by atoms with Crippen molar-refractivity contribution in [1.82, 2.24) is 9.97 Å². The molecular formula is C28H19Cl3N4O2. The van der Waals surface area contributed by atoms with Gasteiger partial charge in [0.2, 0.25) is 0 Å². The number of imidazole rings is 1. The van der Waals surface area contributed by atoms with E-state index in [1.807, 2.05) is 31.2 Å². The molecule has 37 heavy (non-hydrogen) atoms. The Hall–Kier alpha value is -3.84. The van der Waals surface area contributed by atoms with Gasteiger partial charge in [-0.3, -0.25) is 9.59 Å². The zero-order chi connectivity index (χ0) is 26.1. The van der Waals surface area contributed by atoms with E-state index in [0.717, 1.165) is 22.2 Å². The van der Waals surface area contributed by atoms with Crippen LogP contribution in [0.2, 0.25) is 15.1 Å². The average molecular weight is 550 g/mol. The first-order valence-corrected chi connectivity index (χ1v) is 12.3. The first-order chi connectivity index (χ1) is 17.8. The van der Waals surface area contributed by atoms with Crippen molar-refractivity contribution in [3.8, 4) is 11.4 Å². The number of carbonyl (C=O) groups excluding carboxylic acids is 2. The molecule has 1 aromatic heterocycles. The maximum Gasteiger partial charge on any atom is 0.257 e. The van der Waals surface area contributed by atoms with Crippen molar-refractivity contribution in [2.75, 3.05) is 10.6 Å². The van der Waals surface area contributed by atoms with E-state index in [1.165, 1.54) is 6.07 Å². The molecular weight excluding hydrogens is 531 g/mol. The van der Waals surface area contributed by atoms with E-state index in [9.17, 15) is 9.59 Å². The summed E-state index contributed by atoms with van der Waals surface area (Å²) in [6, 6.07) is 22.7. The molecule has 0 aliphatic heterocycles. The van der Waals surface area contributed by atoms with Gasteiger partial charge in [0.15, 0.2) is 0 Å². The summed E-state index contributed by atoms with van der Waals surface area (Å²) in [5.41, 5.74) is 5.27. The van der Waals surface area contributed by atoms with Gasteiger partial charge in [-0.2, -0.15) is 0 Å². The molecule has 0 bridgehead atoms. The molecule has 0 atom stereocenters. The number of aromatic nitrogens is 2. The summed E-state index contributed by atoms with van der Waals surface area (Å²) in [4.78, 5) is 33.1. The lowest BCUT2D eigenvalue weighted by atomic mass is 10.1. The molecule has 0 saturated carbocycles. The third-order valence-electron chi connectivity index (χ3n) is 5.70. The van der Waals surface area contributed by atoms with Crippen molar-refractivity contribution in [2.24, 2.45) is 0 Å². The molecule has 0 radical (unpaired) electrons. The van der Waals surface area contributed by atoms with Crippen LogP contribution in [0.5, 0.6) is 0 Å². The monoisotopic (exact) mass is 548 g/mol. The summed E-state index contributed by atoms with van der Waals surface area (Å²) in [7, 11) is 0. The zero-order valence-corrected chi connectivity index (χ0v) is 21.7. The molecule has 6 nitrogen and oxygen atoms in total. The Morgan fingerprint density at radius 3 is 2.03 bits per heavy atom. The number of benzene rings is 4. The Balaban J connectivity index is 1.31. The third-order valence-corrected chi connectivity index (χ3v) is 6.56. The van der Waals surface area contributed by atoms with Crippen LogP contribution in [0.1, 0.15) is 26.3 Å². The lowest BCUT2D eigenvalue weighted by Gasteiger charge is -2.08. The van der Waals surface area contributed by atoms with Crippen molar-refractivity contribution >= 4 is 69.0 Å². The highest BCUT2D eigenvalue weighted by atomic mass is 35.5. The maximum atomic E-state index is 12.6. The van der Waals surface area contributed by atoms with Crippen LogP contribution in [0.4, 0.5) is 11.4 Å². The summed E-state index contributed by atoms with van der Waals surface area (Å²) in [5.74, 6) is 0.0277. The normalized spacial score (nSPS) is 10.9. The van der Waals surface area contributed by atoms with E-state index < -0.39 is 0 Å². The van der Waals surface area contributed by atoms with Gasteiger partial charge in [0.05, 0.1) is 32.2 Å². The van der Waals surface area contributed by atoms with Crippen molar-refractivity contribution in [2.45, 2.75) is 6.92 Å². The second-order valence-electron chi connectivity index (χ2n) is 8.41. The van der Waals surface area contributed by atoms with Crippen LogP contribution in [0.3, 0.4) is 0 Å². The minimum atomic E-state index is -0.342. The maximum absolute atomic E-state index is 12.6. The lowest BCUT2D eigenvalue weighted by molar-refractivity contribution is 0.101. The van der Waals surface area contributed by atoms with Crippen molar-refractivity contribution in [3.05, 3.63) is 111 Å². The number of aryl methyl sites for hydroxylation is 1. The van der Waals surface area contributed by atoms with Crippen molar-refractivity contribution in [3.63, 3.8) is 0 Å². The molecule has 1 heterocycles. The Kier molecular flexibility index (Phi) is 6.89. The van der Waals surface area contributed by atoms with Crippen LogP contribution in [0.25, 0.3) is 22.4 Å².